The smallest absolute Gasteiger partial charge is 0.258 e. The summed E-state index contributed by atoms with van der Waals surface area (Å²) in [5, 5.41) is 4.45. The minimum atomic E-state index is -0.128. The van der Waals surface area contributed by atoms with Gasteiger partial charge in [0.15, 0.2) is 0 Å². The molecule has 0 spiro atoms. The summed E-state index contributed by atoms with van der Waals surface area (Å²) in [6.45, 7) is 8.77. The SMILES string of the molecule is CCN(CC)CCNCc1nc2cc(Cl)ccc2c(=O)[nH]1. The van der Waals surface area contributed by atoms with E-state index < -0.39 is 0 Å². The highest BCUT2D eigenvalue weighted by Gasteiger charge is 2.04. The third-order valence-electron chi connectivity index (χ3n) is 3.51. The average Bonchev–Trinajstić information content (AvgIpc) is 2.47. The number of hydrogen-bond acceptors (Lipinski definition) is 4. The first-order valence-electron chi connectivity index (χ1n) is 7.25. The summed E-state index contributed by atoms with van der Waals surface area (Å²) < 4.78 is 0. The zero-order valence-corrected chi connectivity index (χ0v) is 13.2. The molecular formula is C15H21ClN4O. The third kappa shape index (κ3) is 4.27. The average molecular weight is 309 g/mol. The Morgan fingerprint density at radius 1 is 1.33 bits per heavy atom. The Labute approximate surface area is 129 Å². The van der Waals surface area contributed by atoms with Crippen molar-refractivity contribution in [2.45, 2.75) is 20.4 Å². The van der Waals surface area contributed by atoms with E-state index in [1.54, 1.807) is 18.2 Å². The molecule has 5 nitrogen and oxygen atoms in total. The van der Waals surface area contributed by atoms with E-state index in [2.05, 4.69) is 34.0 Å². The van der Waals surface area contributed by atoms with Crippen LogP contribution < -0.4 is 10.9 Å². The Kier molecular flexibility index (Phi) is 5.73. The van der Waals surface area contributed by atoms with Crippen LogP contribution in [0, 0.1) is 0 Å². The molecule has 2 N–H and O–H groups in total. The van der Waals surface area contributed by atoms with Crippen molar-refractivity contribution < 1.29 is 0 Å². The predicted molar refractivity (Wildman–Crippen MR) is 86.9 cm³/mol. The summed E-state index contributed by atoms with van der Waals surface area (Å²) in [6.07, 6.45) is 0. The number of likely N-dealkylation sites (N-methyl/N-ethyl adjacent to an activating group) is 1. The second kappa shape index (κ2) is 7.54. The Hall–Kier alpha value is -1.43. The van der Waals surface area contributed by atoms with E-state index in [1.807, 2.05) is 0 Å². The second-order valence-electron chi connectivity index (χ2n) is 4.88. The fourth-order valence-corrected chi connectivity index (χ4v) is 2.39. The summed E-state index contributed by atoms with van der Waals surface area (Å²) >= 11 is 5.94. The molecule has 21 heavy (non-hydrogen) atoms. The maximum absolute atomic E-state index is 12.0. The fourth-order valence-electron chi connectivity index (χ4n) is 2.23. The molecule has 6 heteroatoms. The van der Waals surface area contributed by atoms with E-state index in [9.17, 15) is 4.79 Å². The summed E-state index contributed by atoms with van der Waals surface area (Å²) in [4.78, 5) is 21.5. The third-order valence-corrected chi connectivity index (χ3v) is 3.74. The molecule has 1 aromatic carbocycles. The van der Waals surface area contributed by atoms with Crippen molar-refractivity contribution in [2.75, 3.05) is 26.2 Å². The van der Waals surface area contributed by atoms with Gasteiger partial charge in [-0.3, -0.25) is 4.79 Å². The first kappa shape index (κ1) is 15.9. The largest absolute Gasteiger partial charge is 0.309 e. The van der Waals surface area contributed by atoms with Gasteiger partial charge in [0.25, 0.3) is 5.56 Å². The maximum atomic E-state index is 12.0. The number of halogens is 1. The van der Waals surface area contributed by atoms with Crippen molar-refractivity contribution >= 4 is 22.5 Å². The molecule has 0 aliphatic rings. The van der Waals surface area contributed by atoms with Gasteiger partial charge in [0.1, 0.15) is 5.82 Å². The molecular weight excluding hydrogens is 288 g/mol. The number of H-pyrrole nitrogens is 1. The molecule has 0 bridgehead atoms. The van der Waals surface area contributed by atoms with E-state index in [-0.39, 0.29) is 5.56 Å². The number of nitrogens with zero attached hydrogens (tertiary/aromatic N) is 2. The van der Waals surface area contributed by atoms with Crippen LogP contribution in [-0.4, -0.2) is 41.0 Å². The summed E-state index contributed by atoms with van der Waals surface area (Å²) in [5.41, 5.74) is 0.504. The van der Waals surface area contributed by atoms with Gasteiger partial charge in [0, 0.05) is 18.1 Å². The van der Waals surface area contributed by atoms with Crippen LogP contribution in [0.2, 0.25) is 5.02 Å². The van der Waals surface area contributed by atoms with Crippen molar-refractivity contribution in [3.63, 3.8) is 0 Å². The molecule has 0 amide bonds. The van der Waals surface area contributed by atoms with Gasteiger partial charge in [-0.2, -0.15) is 0 Å². The van der Waals surface area contributed by atoms with Crippen LogP contribution in [0.25, 0.3) is 10.9 Å². The molecule has 1 heterocycles. The van der Waals surface area contributed by atoms with Crippen molar-refractivity contribution in [3.05, 3.63) is 39.4 Å². The van der Waals surface area contributed by atoms with E-state index in [1.165, 1.54) is 0 Å². The molecule has 1 aromatic heterocycles. The Morgan fingerprint density at radius 2 is 2.10 bits per heavy atom. The zero-order chi connectivity index (χ0) is 15.2. The molecule has 0 fully saturated rings. The number of benzene rings is 1. The molecule has 0 radical (unpaired) electrons. The van der Waals surface area contributed by atoms with Crippen LogP contribution in [0.4, 0.5) is 0 Å². The van der Waals surface area contributed by atoms with Gasteiger partial charge in [0.2, 0.25) is 0 Å². The van der Waals surface area contributed by atoms with E-state index >= 15 is 0 Å². The van der Waals surface area contributed by atoms with E-state index in [0.717, 1.165) is 26.2 Å². The van der Waals surface area contributed by atoms with Gasteiger partial charge in [0.05, 0.1) is 17.4 Å². The minimum absolute atomic E-state index is 0.128. The molecule has 0 unspecified atom stereocenters. The van der Waals surface area contributed by atoms with Crippen molar-refractivity contribution in [1.82, 2.24) is 20.2 Å². The van der Waals surface area contributed by atoms with Crippen molar-refractivity contribution in [1.29, 1.82) is 0 Å². The van der Waals surface area contributed by atoms with Crippen LogP contribution in [-0.2, 0) is 6.54 Å². The summed E-state index contributed by atoms with van der Waals surface area (Å²) in [5.74, 6) is 0.634. The number of aromatic nitrogens is 2. The number of hydrogen-bond donors (Lipinski definition) is 2. The van der Waals surface area contributed by atoms with Crippen LogP contribution in [0.1, 0.15) is 19.7 Å². The molecule has 2 aromatic rings. The minimum Gasteiger partial charge on any atom is -0.309 e. The van der Waals surface area contributed by atoms with Crippen molar-refractivity contribution in [2.24, 2.45) is 0 Å². The van der Waals surface area contributed by atoms with Gasteiger partial charge in [-0.1, -0.05) is 25.4 Å². The lowest BCUT2D eigenvalue weighted by molar-refractivity contribution is 0.302. The molecule has 0 aliphatic carbocycles. The first-order valence-corrected chi connectivity index (χ1v) is 7.63. The fraction of sp³-hybridized carbons (Fsp3) is 0.467. The Balaban J connectivity index is 2.01. The van der Waals surface area contributed by atoms with Crippen LogP contribution in [0.5, 0.6) is 0 Å². The Morgan fingerprint density at radius 3 is 2.81 bits per heavy atom. The van der Waals surface area contributed by atoms with Crippen LogP contribution in [0.15, 0.2) is 23.0 Å². The molecule has 2 rings (SSSR count). The maximum Gasteiger partial charge on any atom is 0.258 e. The Bertz CT molecular complexity index is 652. The summed E-state index contributed by atoms with van der Waals surface area (Å²) in [7, 11) is 0. The number of rotatable bonds is 7. The lowest BCUT2D eigenvalue weighted by Gasteiger charge is -2.17. The van der Waals surface area contributed by atoms with Crippen LogP contribution >= 0.6 is 11.6 Å². The molecule has 0 aliphatic heterocycles. The second-order valence-corrected chi connectivity index (χ2v) is 5.31. The normalized spacial score (nSPS) is 11.4. The highest BCUT2D eigenvalue weighted by Crippen LogP contribution is 2.14. The standard InChI is InChI=1S/C15H21ClN4O/c1-3-20(4-2)8-7-17-10-14-18-13-9-11(16)5-6-12(13)15(21)19-14/h5-6,9,17H,3-4,7-8,10H2,1-2H3,(H,18,19,21). The van der Waals surface area contributed by atoms with Gasteiger partial charge in [-0.25, -0.2) is 4.98 Å². The molecule has 0 saturated heterocycles. The van der Waals surface area contributed by atoms with E-state index in [0.29, 0.717) is 28.3 Å². The summed E-state index contributed by atoms with van der Waals surface area (Å²) in [6, 6.07) is 5.11. The number of aromatic amines is 1. The quantitative estimate of drug-likeness (QED) is 0.768. The van der Waals surface area contributed by atoms with Gasteiger partial charge >= 0.3 is 0 Å². The van der Waals surface area contributed by atoms with E-state index in [4.69, 9.17) is 11.6 Å². The number of nitrogens with one attached hydrogen (secondary N) is 2. The van der Waals surface area contributed by atoms with Crippen molar-refractivity contribution in [3.8, 4) is 0 Å². The lowest BCUT2D eigenvalue weighted by Crippen LogP contribution is -2.32. The van der Waals surface area contributed by atoms with Crippen LogP contribution in [0.3, 0.4) is 0 Å². The zero-order valence-electron chi connectivity index (χ0n) is 12.4. The lowest BCUT2D eigenvalue weighted by atomic mass is 10.2. The van der Waals surface area contributed by atoms with Gasteiger partial charge in [-0.05, 0) is 31.3 Å². The molecule has 114 valence electrons. The van der Waals surface area contributed by atoms with Gasteiger partial charge in [-0.15, -0.1) is 0 Å². The first-order chi connectivity index (χ1) is 10.1. The molecule has 0 atom stereocenters. The molecule has 0 saturated carbocycles. The topological polar surface area (TPSA) is 61.0 Å². The highest BCUT2D eigenvalue weighted by atomic mass is 35.5. The predicted octanol–water partition coefficient (Wildman–Crippen LogP) is 2.01. The highest BCUT2D eigenvalue weighted by molar-refractivity contribution is 6.31. The van der Waals surface area contributed by atoms with Gasteiger partial charge < -0.3 is 15.2 Å². The number of fused-ring (bicyclic) bond motifs is 1. The monoisotopic (exact) mass is 308 g/mol.